The molecule has 0 bridgehead atoms. The lowest BCUT2D eigenvalue weighted by molar-refractivity contribution is 0.246. The molecule has 1 aliphatic heterocycles. The smallest absolute Gasteiger partial charge is 0.0955 e. The van der Waals surface area contributed by atoms with E-state index in [1.165, 1.54) is 5.56 Å². The summed E-state index contributed by atoms with van der Waals surface area (Å²) in [6.07, 6.45) is 1.07. The van der Waals surface area contributed by atoms with Crippen LogP contribution in [0.5, 0.6) is 0 Å². The zero-order chi connectivity index (χ0) is 10.9. The molecule has 0 aliphatic carbocycles. The van der Waals surface area contributed by atoms with E-state index in [-0.39, 0.29) is 5.41 Å². The molecule has 0 N–H and O–H groups in total. The van der Waals surface area contributed by atoms with Gasteiger partial charge in [0.1, 0.15) is 0 Å². The second kappa shape index (κ2) is 3.73. The topological polar surface area (TPSA) is 9.23 Å². The van der Waals surface area contributed by atoms with Gasteiger partial charge in [0.2, 0.25) is 0 Å². The fraction of sp³-hybridized carbons (Fsp3) is 0.429. The van der Waals surface area contributed by atoms with E-state index in [0.29, 0.717) is 5.92 Å². The Kier molecular flexibility index (Phi) is 2.56. The summed E-state index contributed by atoms with van der Waals surface area (Å²) in [5.74, 6) is 1.40. The van der Waals surface area contributed by atoms with E-state index in [4.69, 9.17) is 4.74 Å². The van der Waals surface area contributed by atoms with Crippen molar-refractivity contribution in [3.8, 4) is 0 Å². The van der Waals surface area contributed by atoms with E-state index in [0.717, 1.165) is 18.8 Å². The molecule has 2 unspecified atom stereocenters. The summed E-state index contributed by atoms with van der Waals surface area (Å²) in [6.45, 7) is 9.26. The second-order valence-corrected chi connectivity index (χ2v) is 4.47. The Bertz CT molecular complexity index is 355. The Labute approximate surface area is 91.8 Å². The summed E-state index contributed by atoms with van der Waals surface area (Å²) in [6, 6.07) is 10.6. The SMILES string of the molecule is C=C1OCC(c2ccccc2)C1(C)CC. The molecule has 1 fully saturated rings. The molecule has 1 aromatic rings. The van der Waals surface area contributed by atoms with E-state index >= 15 is 0 Å². The second-order valence-electron chi connectivity index (χ2n) is 4.47. The van der Waals surface area contributed by atoms with Gasteiger partial charge in [-0.2, -0.15) is 0 Å². The minimum Gasteiger partial charge on any atom is -0.497 e. The molecule has 0 spiro atoms. The summed E-state index contributed by atoms with van der Waals surface area (Å²) < 4.78 is 5.63. The van der Waals surface area contributed by atoms with E-state index in [1.54, 1.807) is 0 Å². The highest BCUT2D eigenvalue weighted by atomic mass is 16.5. The molecular weight excluding hydrogens is 184 g/mol. The lowest BCUT2D eigenvalue weighted by Gasteiger charge is -2.28. The first kappa shape index (κ1) is 10.3. The average Bonchev–Trinajstić information content (AvgIpc) is 2.58. The number of allylic oxidation sites excluding steroid dienone is 1. The van der Waals surface area contributed by atoms with Crippen molar-refractivity contribution < 1.29 is 4.74 Å². The number of hydrogen-bond donors (Lipinski definition) is 0. The van der Waals surface area contributed by atoms with Gasteiger partial charge in [0, 0.05) is 11.3 Å². The summed E-state index contributed by atoms with van der Waals surface area (Å²) in [5, 5.41) is 0. The largest absolute Gasteiger partial charge is 0.497 e. The van der Waals surface area contributed by atoms with Gasteiger partial charge < -0.3 is 4.74 Å². The molecule has 1 aliphatic rings. The Morgan fingerprint density at radius 2 is 2.07 bits per heavy atom. The molecule has 80 valence electrons. The molecular formula is C14H18O. The normalized spacial score (nSPS) is 30.3. The fourth-order valence-corrected chi connectivity index (χ4v) is 2.32. The maximum absolute atomic E-state index is 5.63. The minimum absolute atomic E-state index is 0.0986. The summed E-state index contributed by atoms with van der Waals surface area (Å²) in [4.78, 5) is 0. The van der Waals surface area contributed by atoms with Crippen molar-refractivity contribution in [2.75, 3.05) is 6.61 Å². The minimum atomic E-state index is 0.0986. The van der Waals surface area contributed by atoms with Crippen LogP contribution in [0.3, 0.4) is 0 Å². The van der Waals surface area contributed by atoms with Gasteiger partial charge in [0.15, 0.2) is 0 Å². The molecule has 1 heteroatoms. The Balaban J connectivity index is 2.35. The predicted octanol–water partition coefficient (Wildman–Crippen LogP) is 3.73. The fourth-order valence-electron chi connectivity index (χ4n) is 2.32. The summed E-state index contributed by atoms with van der Waals surface area (Å²) in [7, 11) is 0. The number of hydrogen-bond acceptors (Lipinski definition) is 1. The standard InChI is InChI=1S/C14H18O/c1-4-14(3)11(2)15-10-13(14)12-8-6-5-7-9-12/h5-9,13H,2,4,10H2,1,3H3. The quantitative estimate of drug-likeness (QED) is 0.710. The molecule has 0 radical (unpaired) electrons. The van der Waals surface area contributed by atoms with Gasteiger partial charge in [-0.15, -0.1) is 0 Å². The highest BCUT2D eigenvalue weighted by Gasteiger charge is 2.43. The van der Waals surface area contributed by atoms with Crippen LogP contribution in [0.25, 0.3) is 0 Å². The molecule has 1 aromatic carbocycles. The molecule has 1 nitrogen and oxygen atoms in total. The zero-order valence-electron chi connectivity index (χ0n) is 9.49. The molecule has 2 rings (SSSR count). The Hall–Kier alpha value is -1.24. The van der Waals surface area contributed by atoms with Crippen molar-refractivity contribution in [3.63, 3.8) is 0 Å². The summed E-state index contributed by atoms with van der Waals surface area (Å²) in [5.41, 5.74) is 1.46. The average molecular weight is 202 g/mol. The number of ether oxygens (including phenoxy) is 1. The Morgan fingerprint density at radius 1 is 1.40 bits per heavy atom. The van der Waals surface area contributed by atoms with Crippen molar-refractivity contribution in [1.29, 1.82) is 0 Å². The van der Waals surface area contributed by atoms with Crippen LogP contribution in [0.4, 0.5) is 0 Å². The van der Waals surface area contributed by atoms with Gasteiger partial charge in [0.05, 0.1) is 12.4 Å². The van der Waals surface area contributed by atoms with E-state index in [2.05, 4.69) is 50.8 Å². The van der Waals surface area contributed by atoms with E-state index in [1.807, 2.05) is 0 Å². The van der Waals surface area contributed by atoms with Crippen LogP contribution >= 0.6 is 0 Å². The van der Waals surface area contributed by atoms with Gasteiger partial charge in [-0.25, -0.2) is 0 Å². The van der Waals surface area contributed by atoms with Crippen LogP contribution in [0.1, 0.15) is 31.7 Å². The third kappa shape index (κ3) is 1.56. The zero-order valence-corrected chi connectivity index (χ0v) is 9.49. The maximum Gasteiger partial charge on any atom is 0.0955 e. The first-order valence-corrected chi connectivity index (χ1v) is 5.55. The lowest BCUT2D eigenvalue weighted by atomic mass is 9.73. The number of benzene rings is 1. The molecule has 1 heterocycles. The monoisotopic (exact) mass is 202 g/mol. The van der Waals surface area contributed by atoms with Gasteiger partial charge in [-0.1, -0.05) is 50.8 Å². The van der Waals surface area contributed by atoms with Crippen molar-refractivity contribution >= 4 is 0 Å². The molecule has 15 heavy (non-hydrogen) atoms. The van der Waals surface area contributed by atoms with Crippen LogP contribution in [0, 0.1) is 5.41 Å². The van der Waals surface area contributed by atoms with Crippen molar-refractivity contribution in [2.24, 2.45) is 5.41 Å². The molecule has 2 atom stereocenters. The van der Waals surface area contributed by atoms with Gasteiger partial charge in [-0.3, -0.25) is 0 Å². The Morgan fingerprint density at radius 3 is 2.67 bits per heavy atom. The van der Waals surface area contributed by atoms with Crippen LogP contribution < -0.4 is 0 Å². The molecule has 0 aromatic heterocycles. The predicted molar refractivity (Wildman–Crippen MR) is 62.7 cm³/mol. The first-order chi connectivity index (χ1) is 7.18. The van der Waals surface area contributed by atoms with Gasteiger partial charge in [-0.05, 0) is 12.0 Å². The van der Waals surface area contributed by atoms with E-state index in [9.17, 15) is 0 Å². The molecule has 0 saturated carbocycles. The first-order valence-electron chi connectivity index (χ1n) is 5.55. The van der Waals surface area contributed by atoms with Crippen molar-refractivity contribution in [3.05, 3.63) is 48.2 Å². The number of rotatable bonds is 2. The van der Waals surface area contributed by atoms with Crippen LogP contribution in [-0.2, 0) is 4.74 Å². The molecule has 0 amide bonds. The van der Waals surface area contributed by atoms with Crippen LogP contribution in [0.2, 0.25) is 0 Å². The maximum atomic E-state index is 5.63. The lowest BCUT2D eigenvalue weighted by Crippen LogP contribution is -2.21. The van der Waals surface area contributed by atoms with Crippen LogP contribution in [-0.4, -0.2) is 6.61 Å². The van der Waals surface area contributed by atoms with Gasteiger partial charge in [0.25, 0.3) is 0 Å². The van der Waals surface area contributed by atoms with E-state index < -0.39 is 0 Å². The molecule has 1 saturated heterocycles. The van der Waals surface area contributed by atoms with Crippen LogP contribution in [0.15, 0.2) is 42.7 Å². The highest BCUT2D eigenvalue weighted by molar-refractivity contribution is 5.28. The van der Waals surface area contributed by atoms with Crippen molar-refractivity contribution in [1.82, 2.24) is 0 Å². The third-order valence-electron chi connectivity index (χ3n) is 3.77. The highest BCUT2D eigenvalue weighted by Crippen LogP contribution is 2.49. The third-order valence-corrected chi connectivity index (χ3v) is 3.77. The summed E-state index contributed by atoms with van der Waals surface area (Å²) >= 11 is 0. The van der Waals surface area contributed by atoms with Crippen molar-refractivity contribution in [2.45, 2.75) is 26.2 Å². The van der Waals surface area contributed by atoms with Gasteiger partial charge >= 0.3 is 0 Å².